The van der Waals surface area contributed by atoms with Gasteiger partial charge in [0, 0.05) is 5.25 Å². The third-order valence-electron chi connectivity index (χ3n) is 3.91. The number of hydrogen-bond donors (Lipinski definition) is 1. The molecule has 0 bridgehead atoms. The zero-order valence-electron chi connectivity index (χ0n) is 13.7. The van der Waals surface area contributed by atoms with Crippen LogP contribution < -0.4 is 10.4 Å². The Hall–Kier alpha value is -1.99. The van der Waals surface area contributed by atoms with Crippen molar-refractivity contribution in [3.63, 3.8) is 0 Å². The number of thioether (sulfide) groups is 1. The van der Waals surface area contributed by atoms with E-state index in [0.29, 0.717) is 6.42 Å². The molecule has 2 aromatic rings. The predicted molar refractivity (Wildman–Crippen MR) is 103 cm³/mol. The van der Waals surface area contributed by atoms with E-state index in [1.165, 1.54) is 11.8 Å². The van der Waals surface area contributed by atoms with Gasteiger partial charge in [-0.05, 0) is 30.7 Å². The van der Waals surface area contributed by atoms with E-state index in [1.807, 2.05) is 60.7 Å². The van der Waals surface area contributed by atoms with E-state index in [-0.39, 0.29) is 28.4 Å². The minimum atomic E-state index is -2.92. The zero-order valence-corrected chi connectivity index (χ0v) is 15.3. The number of sulfone groups is 1. The molecule has 1 saturated heterocycles. The molecule has 1 N–H and O–H groups in total. The average molecular weight is 377 g/mol. The van der Waals surface area contributed by atoms with Crippen molar-refractivity contribution in [3.05, 3.63) is 60.7 Å². The lowest BCUT2D eigenvalue weighted by Crippen LogP contribution is -2.40. The molecule has 25 heavy (non-hydrogen) atoms. The summed E-state index contributed by atoms with van der Waals surface area (Å²) >= 11 is 1.41. The molecular formula is C18H20N2O3S2. The second kappa shape index (κ2) is 7.93. The van der Waals surface area contributed by atoms with E-state index >= 15 is 0 Å². The van der Waals surface area contributed by atoms with Gasteiger partial charge in [-0.1, -0.05) is 36.4 Å². The van der Waals surface area contributed by atoms with Crippen molar-refractivity contribution in [3.8, 4) is 0 Å². The number of nitrogens with zero attached hydrogens (tertiary/aromatic N) is 1. The van der Waals surface area contributed by atoms with E-state index < -0.39 is 9.84 Å². The fourth-order valence-corrected chi connectivity index (χ4v) is 6.11. The van der Waals surface area contributed by atoms with Crippen LogP contribution in [0.4, 0.5) is 11.4 Å². The maximum absolute atomic E-state index is 12.4. The van der Waals surface area contributed by atoms with E-state index in [0.717, 1.165) is 11.4 Å². The fourth-order valence-electron chi connectivity index (χ4n) is 2.68. The summed E-state index contributed by atoms with van der Waals surface area (Å²) in [4.78, 5) is 12.4. The number of benzene rings is 2. The quantitative estimate of drug-likeness (QED) is 0.786. The molecule has 3 rings (SSSR count). The molecule has 1 unspecified atom stereocenters. The number of hydrazine groups is 1. The predicted octanol–water partition coefficient (Wildman–Crippen LogP) is 2.78. The van der Waals surface area contributed by atoms with Gasteiger partial charge < -0.3 is 0 Å². The largest absolute Gasteiger partial charge is 0.272 e. The van der Waals surface area contributed by atoms with Crippen LogP contribution in [-0.2, 0) is 14.6 Å². The molecule has 132 valence electrons. The lowest BCUT2D eigenvalue weighted by molar-refractivity contribution is -0.118. The summed E-state index contributed by atoms with van der Waals surface area (Å²) in [5, 5.41) is 1.76. The van der Waals surface area contributed by atoms with E-state index in [2.05, 4.69) is 5.43 Å². The van der Waals surface area contributed by atoms with Gasteiger partial charge in [-0.15, -0.1) is 11.8 Å². The molecule has 0 spiro atoms. The number of nitrogens with one attached hydrogen (secondary N) is 1. The summed E-state index contributed by atoms with van der Waals surface area (Å²) in [6.45, 7) is 0. The monoisotopic (exact) mass is 376 g/mol. The van der Waals surface area contributed by atoms with E-state index in [4.69, 9.17) is 0 Å². The van der Waals surface area contributed by atoms with Gasteiger partial charge in [-0.25, -0.2) is 8.42 Å². The molecule has 2 aromatic carbocycles. The van der Waals surface area contributed by atoms with Gasteiger partial charge in [-0.3, -0.25) is 15.2 Å². The maximum Gasteiger partial charge on any atom is 0.248 e. The molecular weight excluding hydrogens is 356 g/mol. The Labute approximate surface area is 152 Å². The van der Waals surface area contributed by atoms with Gasteiger partial charge >= 0.3 is 0 Å². The van der Waals surface area contributed by atoms with Gasteiger partial charge in [0.2, 0.25) is 5.91 Å². The van der Waals surface area contributed by atoms with Crippen LogP contribution >= 0.6 is 11.8 Å². The van der Waals surface area contributed by atoms with Crippen LogP contribution in [0.2, 0.25) is 0 Å². The van der Waals surface area contributed by atoms with Crippen LogP contribution in [0, 0.1) is 0 Å². The molecule has 1 amide bonds. The summed E-state index contributed by atoms with van der Waals surface area (Å²) in [5.74, 6) is 0.483. The molecule has 7 heteroatoms. The minimum absolute atomic E-state index is 0.0117. The highest BCUT2D eigenvalue weighted by molar-refractivity contribution is 8.02. The second-order valence-corrected chi connectivity index (χ2v) is 9.39. The third kappa shape index (κ3) is 4.99. The molecule has 0 radical (unpaired) electrons. The molecule has 1 aliphatic rings. The lowest BCUT2D eigenvalue weighted by Gasteiger charge is -2.25. The number of carbonyl (C=O) groups excluding carboxylic acids is 1. The molecule has 1 atom stereocenters. The fraction of sp³-hybridized carbons (Fsp3) is 0.278. The Kier molecular flexibility index (Phi) is 5.65. The van der Waals surface area contributed by atoms with Crippen LogP contribution in [0.5, 0.6) is 0 Å². The lowest BCUT2D eigenvalue weighted by atomic mass is 10.2. The second-order valence-electron chi connectivity index (χ2n) is 5.88. The van der Waals surface area contributed by atoms with Crippen molar-refractivity contribution < 1.29 is 13.2 Å². The van der Waals surface area contributed by atoms with Crippen LogP contribution in [0.3, 0.4) is 0 Å². The van der Waals surface area contributed by atoms with Crippen LogP contribution in [-0.4, -0.2) is 36.8 Å². The van der Waals surface area contributed by atoms with Crippen molar-refractivity contribution in [1.29, 1.82) is 0 Å². The van der Waals surface area contributed by atoms with Crippen LogP contribution in [0.25, 0.3) is 0 Å². The average Bonchev–Trinajstić information content (AvgIpc) is 2.98. The summed E-state index contributed by atoms with van der Waals surface area (Å²) in [5.41, 5.74) is 4.63. The zero-order chi connectivity index (χ0) is 17.7. The van der Waals surface area contributed by atoms with Crippen molar-refractivity contribution in [2.45, 2.75) is 11.7 Å². The number of carbonyl (C=O) groups is 1. The summed E-state index contributed by atoms with van der Waals surface area (Å²) in [6.07, 6.45) is 0.626. The number of amides is 1. The summed E-state index contributed by atoms with van der Waals surface area (Å²) < 4.78 is 23.0. The van der Waals surface area contributed by atoms with Gasteiger partial charge in [0.05, 0.1) is 28.6 Å². The van der Waals surface area contributed by atoms with Gasteiger partial charge in [0.1, 0.15) is 0 Å². The van der Waals surface area contributed by atoms with E-state index in [1.54, 1.807) is 5.01 Å². The maximum atomic E-state index is 12.4. The van der Waals surface area contributed by atoms with Crippen molar-refractivity contribution in [2.24, 2.45) is 0 Å². The van der Waals surface area contributed by atoms with Crippen molar-refractivity contribution in [2.75, 3.05) is 22.3 Å². The van der Waals surface area contributed by atoms with Gasteiger partial charge in [-0.2, -0.15) is 0 Å². The Morgan fingerprint density at radius 3 is 2.08 bits per heavy atom. The third-order valence-corrected chi connectivity index (χ3v) is 7.19. The van der Waals surface area contributed by atoms with E-state index in [9.17, 15) is 13.2 Å². The minimum Gasteiger partial charge on any atom is -0.272 e. The number of rotatable bonds is 6. The summed E-state index contributed by atoms with van der Waals surface area (Å²) in [7, 11) is -2.92. The molecule has 1 aliphatic heterocycles. The first-order valence-electron chi connectivity index (χ1n) is 8.05. The standard InChI is InChI=1S/C18H20N2O3S2/c21-18(13-24-17-11-12-25(22,23)14-17)19-20(15-7-3-1-4-8-15)16-9-5-2-6-10-16/h1-10,17H,11-14H2,(H,19,21). The SMILES string of the molecule is O=C(CSC1CCS(=O)(=O)C1)NN(c1ccccc1)c1ccccc1. The smallest absolute Gasteiger partial charge is 0.248 e. The first-order valence-corrected chi connectivity index (χ1v) is 10.9. The highest BCUT2D eigenvalue weighted by Crippen LogP contribution is 2.25. The number of para-hydroxylation sites is 2. The topological polar surface area (TPSA) is 66.5 Å². The molecule has 0 aromatic heterocycles. The Morgan fingerprint density at radius 2 is 1.60 bits per heavy atom. The van der Waals surface area contributed by atoms with Crippen molar-refractivity contribution in [1.82, 2.24) is 5.43 Å². The molecule has 5 nitrogen and oxygen atoms in total. The normalized spacial score (nSPS) is 18.6. The Morgan fingerprint density at radius 1 is 1.04 bits per heavy atom. The van der Waals surface area contributed by atoms with Crippen molar-refractivity contribution >= 4 is 38.9 Å². The number of hydrogen-bond acceptors (Lipinski definition) is 5. The highest BCUT2D eigenvalue weighted by atomic mass is 32.2. The highest BCUT2D eigenvalue weighted by Gasteiger charge is 2.28. The first kappa shape index (κ1) is 17.8. The van der Waals surface area contributed by atoms with Gasteiger partial charge in [0.25, 0.3) is 0 Å². The first-order chi connectivity index (χ1) is 12.0. The Bertz CT molecular complexity index is 771. The number of anilines is 2. The molecule has 0 aliphatic carbocycles. The van der Waals surface area contributed by atoms with Crippen LogP contribution in [0.1, 0.15) is 6.42 Å². The van der Waals surface area contributed by atoms with Crippen LogP contribution in [0.15, 0.2) is 60.7 Å². The Balaban J connectivity index is 1.65. The molecule has 0 saturated carbocycles. The summed E-state index contributed by atoms with van der Waals surface area (Å²) in [6, 6.07) is 19.2. The molecule has 1 fully saturated rings. The van der Waals surface area contributed by atoms with Gasteiger partial charge in [0.15, 0.2) is 9.84 Å². The molecule has 1 heterocycles.